The maximum Gasteiger partial charge on any atom is 1.00 e. The minimum Gasteiger partial charge on any atom is -1.00 e. The topological polar surface area (TPSA) is 158 Å². The third-order valence-electron chi connectivity index (χ3n) is 3.59. The first-order chi connectivity index (χ1) is 16.3. The van der Waals surface area contributed by atoms with Crippen molar-refractivity contribution >= 4 is 40.6 Å². The van der Waals surface area contributed by atoms with E-state index in [1.165, 1.54) is 12.4 Å². The number of hydrogen-bond acceptors (Lipinski definition) is 11. The van der Waals surface area contributed by atoms with E-state index in [9.17, 15) is 19.5 Å². The van der Waals surface area contributed by atoms with Crippen molar-refractivity contribution in [2.45, 2.75) is 20.8 Å². The number of furan rings is 1. The summed E-state index contributed by atoms with van der Waals surface area (Å²) in [6.45, 7) is 5.48. The number of carbonyl (C=O) groups is 3. The monoisotopic (exact) mass is 520 g/mol. The maximum absolute atomic E-state index is 11.3. The van der Waals surface area contributed by atoms with E-state index in [2.05, 4.69) is 14.7 Å². The van der Waals surface area contributed by atoms with Crippen LogP contribution in [0.15, 0.2) is 41.1 Å². The van der Waals surface area contributed by atoms with Gasteiger partial charge in [-0.1, -0.05) is 11.6 Å². The van der Waals surface area contributed by atoms with Gasteiger partial charge >= 0.3 is 47.5 Å². The third-order valence-corrected chi connectivity index (χ3v) is 3.89. The van der Waals surface area contributed by atoms with Gasteiger partial charge < -0.3 is 30.3 Å². The fraction of sp³-hybridized carbons (Fsp3) is 0.318. The first-order valence-corrected chi connectivity index (χ1v) is 10.5. The molecule has 2 N–H and O–H groups in total. The van der Waals surface area contributed by atoms with Crippen molar-refractivity contribution in [3.63, 3.8) is 0 Å². The van der Waals surface area contributed by atoms with Crippen molar-refractivity contribution < 1.29 is 74.2 Å². The van der Waals surface area contributed by atoms with Crippen LogP contribution in [0.5, 0.6) is 5.75 Å². The molecule has 0 aromatic carbocycles. The fourth-order valence-electron chi connectivity index (χ4n) is 2.21. The average molecular weight is 521 g/mol. The number of fused-ring (bicyclic) bond motifs is 1. The van der Waals surface area contributed by atoms with Gasteiger partial charge in [-0.15, -0.1) is 0 Å². The van der Waals surface area contributed by atoms with Crippen LogP contribution in [0.1, 0.15) is 43.1 Å². The van der Waals surface area contributed by atoms with Gasteiger partial charge in [0.25, 0.3) is 5.76 Å². The number of aromatic nitrogens is 2. The Balaban J connectivity index is 0. The first-order valence-electron chi connectivity index (χ1n) is 10.1. The molecule has 0 radical (unpaired) electrons. The summed E-state index contributed by atoms with van der Waals surface area (Å²) < 4.78 is 18.8. The summed E-state index contributed by atoms with van der Waals surface area (Å²) in [6, 6.07) is 6.47. The molecule has 0 fully saturated rings. The molecule has 0 unspecified atom stereocenters. The third kappa shape index (κ3) is 10.6. The van der Waals surface area contributed by atoms with Gasteiger partial charge in [0, 0.05) is 12.4 Å². The Morgan fingerprint density at radius 2 is 1.54 bits per heavy atom. The van der Waals surface area contributed by atoms with Gasteiger partial charge in [0.05, 0.1) is 30.8 Å². The molecule has 0 bridgehead atoms. The molecule has 11 nitrogen and oxygen atoms in total. The number of esters is 3. The Morgan fingerprint density at radius 3 is 2.06 bits per heavy atom. The van der Waals surface area contributed by atoms with Crippen LogP contribution in [0.25, 0.3) is 11.1 Å². The Kier molecular flexibility index (Phi) is 16.3. The molecular formula is C22H26ClN2NaO9. The first kappa shape index (κ1) is 32.3. The number of carbonyl (C=O) groups excluding carboxylic acids is 3. The molecule has 0 saturated carbocycles. The zero-order valence-corrected chi connectivity index (χ0v) is 22.6. The molecule has 0 saturated heterocycles. The molecule has 0 amide bonds. The zero-order valence-electron chi connectivity index (χ0n) is 20.8. The van der Waals surface area contributed by atoms with Gasteiger partial charge in [0.15, 0.2) is 5.75 Å². The SMILES string of the molecule is CCOC(=O)CO.CCOC(=O)c1cccnc1Cl.CCOC(=O)c1oc2ncccc2c1O.[H-].[Na+]. The van der Waals surface area contributed by atoms with Crippen LogP contribution in [-0.2, 0) is 19.0 Å². The number of halogens is 1. The number of aromatic hydroxyl groups is 1. The summed E-state index contributed by atoms with van der Waals surface area (Å²) in [4.78, 5) is 40.0. The zero-order chi connectivity index (χ0) is 25.5. The van der Waals surface area contributed by atoms with Gasteiger partial charge in [0.2, 0.25) is 5.71 Å². The van der Waals surface area contributed by atoms with Crippen LogP contribution in [-0.4, -0.2) is 64.5 Å². The van der Waals surface area contributed by atoms with Crippen LogP contribution in [0.2, 0.25) is 5.15 Å². The average Bonchev–Trinajstić information content (AvgIpc) is 3.17. The largest absolute Gasteiger partial charge is 1.00 e. The molecule has 3 heterocycles. The summed E-state index contributed by atoms with van der Waals surface area (Å²) in [7, 11) is 0. The van der Waals surface area contributed by atoms with Crippen molar-refractivity contribution in [1.29, 1.82) is 0 Å². The van der Waals surface area contributed by atoms with E-state index in [1.807, 2.05) is 0 Å². The van der Waals surface area contributed by atoms with E-state index in [-0.39, 0.29) is 60.0 Å². The number of pyridine rings is 2. The molecule has 186 valence electrons. The Bertz CT molecular complexity index is 1100. The van der Waals surface area contributed by atoms with Crippen LogP contribution < -0.4 is 29.6 Å². The van der Waals surface area contributed by atoms with Crippen molar-refractivity contribution in [2.24, 2.45) is 0 Å². The van der Waals surface area contributed by atoms with E-state index < -0.39 is 24.5 Å². The molecule has 13 heteroatoms. The number of aliphatic hydroxyl groups is 1. The Labute approximate surface area is 230 Å². The second-order valence-electron chi connectivity index (χ2n) is 5.88. The molecule has 3 rings (SSSR count). The predicted molar refractivity (Wildman–Crippen MR) is 122 cm³/mol. The minimum atomic E-state index is -0.687. The molecule has 0 aliphatic carbocycles. The Morgan fingerprint density at radius 1 is 0.971 bits per heavy atom. The summed E-state index contributed by atoms with van der Waals surface area (Å²) in [5.74, 6) is -2.12. The second kappa shape index (κ2) is 17.7. The van der Waals surface area contributed by atoms with E-state index in [1.54, 1.807) is 45.0 Å². The Hall–Kier alpha value is -2.70. The normalized spacial score (nSPS) is 9.40. The molecule has 0 aliphatic rings. The standard InChI is InChI=1S/C10H9NO4.C8H8ClNO2.C4H8O3.Na.H/c1-2-14-10(13)8-7(12)6-4-3-5-11-9(6)15-8;1-2-12-8(11)6-4-3-5-10-7(6)9;1-2-7-4(6)3-5;;/h3-5,12H,2H2,1H3;3-5H,2H2,1H3;5H,2-3H2,1H3;;/q;;;+1;-1. The van der Waals surface area contributed by atoms with E-state index >= 15 is 0 Å². The van der Waals surface area contributed by atoms with Crippen molar-refractivity contribution in [2.75, 3.05) is 26.4 Å². The van der Waals surface area contributed by atoms with Crippen molar-refractivity contribution in [3.05, 3.63) is 53.1 Å². The van der Waals surface area contributed by atoms with Crippen molar-refractivity contribution in [3.8, 4) is 5.75 Å². The fourth-order valence-corrected chi connectivity index (χ4v) is 2.40. The summed E-state index contributed by atoms with van der Waals surface area (Å²) in [5.41, 5.74) is 0.527. The molecule has 3 aromatic heterocycles. The second-order valence-corrected chi connectivity index (χ2v) is 6.24. The van der Waals surface area contributed by atoms with Gasteiger partial charge in [-0.3, -0.25) is 0 Å². The smallest absolute Gasteiger partial charge is 1.00 e. The molecule has 0 spiro atoms. The molecule has 3 aromatic rings. The van der Waals surface area contributed by atoms with Crippen LogP contribution in [0.3, 0.4) is 0 Å². The summed E-state index contributed by atoms with van der Waals surface area (Å²) in [5, 5.41) is 18.2. The van der Waals surface area contributed by atoms with E-state index in [4.69, 9.17) is 30.6 Å². The van der Waals surface area contributed by atoms with Gasteiger partial charge in [-0.2, -0.15) is 0 Å². The van der Waals surface area contributed by atoms with Crippen molar-refractivity contribution in [1.82, 2.24) is 9.97 Å². The molecule has 0 atom stereocenters. The van der Waals surface area contributed by atoms with Gasteiger partial charge in [-0.25, -0.2) is 24.4 Å². The molecule has 35 heavy (non-hydrogen) atoms. The minimum absolute atomic E-state index is 0. The van der Waals surface area contributed by atoms with E-state index in [0.717, 1.165) is 0 Å². The molecule has 0 aliphatic heterocycles. The maximum atomic E-state index is 11.3. The number of hydrogen-bond donors (Lipinski definition) is 2. The van der Waals surface area contributed by atoms with Gasteiger partial charge in [-0.05, 0) is 45.0 Å². The van der Waals surface area contributed by atoms with Crippen LogP contribution in [0.4, 0.5) is 0 Å². The quantitative estimate of drug-likeness (QED) is 0.199. The van der Waals surface area contributed by atoms with Gasteiger partial charge in [0.1, 0.15) is 11.8 Å². The number of ether oxygens (including phenoxy) is 3. The predicted octanol–water partition coefficient (Wildman–Crippen LogP) is 0.280. The summed E-state index contributed by atoms with van der Waals surface area (Å²) in [6.07, 6.45) is 3.03. The van der Waals surface area contributed by atoms with Crippen LogP contribution >= 0.6 is 11.6 Å². The van der Waals surface area contributed by atoms with Crippen LogP contribution in [0, 0.1) is 0 Å². The number of nitrogens with zero attached hydrogens (tertiary/aromatic N) is 2. The van der Waals surface area contributed by atoms with E-state index in [0.29, 0.717) is 24.2 Å². The molecular weight excluding hydrogens is 495 g/mol. The summed E-state index contributed by atoms with van der Waals surface area (Å²) >= 11 is 5.64. The number of aliphatic hydroxyl groups excluding tert-OH is 1. The number of rotatable bonds is 6.